The molecule has 0 bridgehead atoms. The summed E-state index contributed by atoms with van der Waals surface area (Å²) in [6.07, 6.45) is 3.50. The molecular weight excluding hydrogens is 527 g/mol. The highest BCUT2D eigenvalue weighted by molar-refractivity contribution is 14.0. The number of hydrogen-bond donors (Lipinski definition) is 2. The fraction of sp³-hybridized carbons (Fsp3) is 0.720. The van der Waals surface area contributed by atoms with Gasteiger partial charge in [-0.05, 0) is 76.6 Å². The molecule has 0 saturated carbocycles. The molecule has 0 aromatic heterocycles. The molecule has 1 unspecified atom stereocenters. The highest BCUT2D eigenvalue weighted by atomic mass is 127. The van der Waals surface area contributed by atoms with E-state index in [1.807, 2.05) is 19.2 Å². The molecule has 2 rings (SSSR count). The lowest BCUT2D eigenvalue weighted by atomic mass is 10.2. The van der Waals surface area contributed by atoms with Crippen LogP contribution in [0.15, 0.2) is 29.3 Å². The van der Waals surface area contributed by atoms with Crippen LogP contribution in [0.4, 0.5) is 5.69 Å². The predicted molar refractivity (Wildman–Crippen MR) is 153 cm³/mol. The molecule has 1 fully saturated rings. The second-order valence-electron chi connectivity index (χ2n) is 8.59. The Morgan fingerprint density at radius 1 is 1.09 bits per heavy atom. The Hall–Kier alpha value is -1.26. The van der Waals surface area contributed by atoms with Crippen LogP contribution in [0.2, 0.25) is 0 Å². The van der Waals surface area contributed by atoms with Gasteiger partial charge in [-0.15, -0.1) is 24.0 Å². The third kappa shape index (κ3) is 11.1. The summed E-state index contributed by atoms with van der Waals surface area (Å²) < 4.78 is 5.26. The van der Waals surface area contributed by atoms with E-state index in [0.717, 1.165) is 76.9 Å². The van der Waals surface area contributed by atoms with Crippen molar-refractivity contribution in [3.63, 3.8) is 0 Å². The van der Waals surface area contributed by atoms with Crippen molar-refractivity contribution in [3.05, 3.63) is 24.3 Å². The number of halogens is 1. The molecule has 0 aliphatic carbocycles. The van der Waals surface area contributed by atoms with E-state index in [1.165, 1.54) is 18.7 Å². The second-order valence-corrected chi connectivity index (χ2v) is 8.59. The van der Waals surface area contributed by atoms with Crippen molar-refractivity contribution in [2.75, 3.05) is 78.0 Å². The van der Waals surface area contributed by atoms with Crippen LogP contribution in [0.5, 0.6) is 5.75 Å². The van der Waals surface area contributed by atoms with Gasteiger partial charge in [-0.2, -0.15) is 0 Å². The maximum Gasteiger partial charge on any atom is 0.191 e. The Balaban J connectivity index is 0.00000544. The number of rotatable bonds is 13. The van der Waals surface area contributed by atoms with Gasteiger partial charge in [0.25, 0.3) is 0 Å². The van der Waals surface area contributed by atoms with Gasteiger partial charge < -0.3 is 25.2 Å². The van der Waals surface area contributed by atoms with E-state index in [1.54, 1.807) is 7.11 Å². The zero-order valence-electron chi connectivity index (χ0n) is 21.5. The quantitative estimate of drug-likeness (QED) is 0.163. The van der Waals surface area contributed by atoms with E-state index in [0.29, 0.717) is 6.04 Å². The number of aliphatic imine (C=N–C) groups is 1. The fourth-order valence-corrected chi connectivity index (χ4v) is 4.19. The zero-order valence-corrected chi connectivity index (χ0v) is 23.8. The summed E-state index contributed by atoms with van der Waals surface area (Å²) in [5.41, 5.74) is 1.29. The van der Waals surface area contributed by atoms with Gasteiger partial charge in [0.1, 0.15) is 5.75 Å². The average molecular weight is 575 g/mol. The molecule has 1 heterocycles. The van der Waals surface area contributed by atoms with Crippen LogP contribution in [0.3, 0.4) is 0 Å². The van der Waals surface area contributed by atoms with Crippen molar-refractivity contribution < 1.29 is 4.74 Å². The first-order valence-electron chi connectivity index (χ1n) is 12.4. The monoisotopic (exact) mass is 574 g/mol. The molecule has 2 N–H and O–H groups in total. The van der Waals surface area contributed by atoms with Crippen molar-refractivity contribution >= 4 is 35.6 Å². The van der Waals surface area contributed by atoms with Crippen LogP contribution in [0.1, 0.15) is 40.0 Å². The lowest BCUT2D eigenvalue weighted by molar-refractivity contribution is 0.255. The van der Waals surface area contributed by atoms with Crippen LogP contribution in [0.25, 0.3) is 0 Å². The Morgan fingerprint density at radius 3 is 2.33 bits per heavy atom. The van der Waals surface area contributed by atoms with Crippen LogP contribution < -0.4 is 20.3 Å². The molecule has 1 saturated heterocycles. The molecule has 8 heteroatoms. The van der Waals surface area contributed by atoms with E-state index in [-0.39, 0.29) is 24.0 Å². The van der Waals surface area contributed by atoms with E-state index in [2.05, 4.69) is 63.2 Å². The second kappa shape index (κ2) is 17.2. The minimum absolute atomic E-state index is 0. The number of benzene rings is 1. The van der Waals surface area contributed by atoms with Crippen LogP contribution in [0, 0.1) is 0 Å². The Morgan fingerprint density at radius 2 is 1.76 bits per heavy atom. The molecular formula is C25H47IN6O. The van der Waals surface area contributed by atoms with Gasteiger partial charge in [0, 0.05) is 51.5 Å². The van der Waals surface area contributed by atoms with Crippen LogP contribution >= 0.6 is 24.0 Å². The van der Waals surface area contributed by atoms with Gasteiger partial charge in [-0.25, -0.2) is 0 Å². The molecule has 1 aliphatic rings. The van der Waals surface area contributed by atoms with Gasteiger partial charge in [0.2, 0.25) is 0 Å². The molecule has 0 amide bonds. The minimum Gasteiger partial charge on any atom is -0.497 e. The molecule has 7 nitrogen and oxygen atoms in total. The van der Waals surface area contributed by atoms with Gasteiger partial charge in [-0.1, -0.05) is 13.8 Å². The van der Waals surface area contributed by atoms with Gasteiger partial charge in [-0.3, -0.25) is 9.89 Å². The third-order valence-corrected chi connectivity index (χ3v) is 6.37. The number of guanidine groups is 1. The van der Waals surface area contributed by atoms with Gasteiger partial charge in [0.15, 0.2) is 5.96 Å². The highest BCUT2D eigenvalue weighted by Gasteiger charge is 2.17. The summed E-state index contributed by atoms with van der Waals surface area (Å²) in [5.74, 6) is 1.84. The molecule has 33 heavy (non-hydrogen) atoms. The number of methoxy groups -OCH3 is 1. The smallest absolute Gasteiger partial charge is 0.191 e. The first-order chi connectivity index (χ1) is 15.6. The van der Waals surface area contributed by atoms with E-state index >= 15 is 0 Å². The molecule has 1 aromatic carbocycles. The van der Waals surface area contributed by atoms with Crippen molar-refractivity contribution in [1.82, 2.24) is 20.4 Å². The average Bonchev–Trinajstić information content (AvgIpc) is 2.84. The lowest BCUT2D eigenvalue weighted by Crippen LogP contribution is -2.47. The van der Waals surface area contributed by atoms with Crippen molar-refractivity contribution in [1.29, 1.82) is 0 Å². The molecule has 1 aromatic rings. The SMILES string of the molecule is CCN(CC)CCCC(C)NC(=NC)NCCCN1CCN(c2ccc(OC)cc2)CC1.I. The molecule has 0 radical (unpaired) electrons. The van der Waals surface area contributed by atoms with Crippen molar-refractivity contribution in [2.45, 2.75) is 46.1 Å². The standard InChI is InChI=1S/C25H46N6O.HI/c1-6-29(7-2)16-8-10-22(3)28-25(26-4)27-15-9-17-30-18-20-31(21-19-30)23-11-13-24(32-5)14-12-23;/h11-14,22H,6-10,15-21H2,1-5H3,(H2,26,27,28);1H. The van der Waals surface area contributed by atoms with E-state index in [4.69, 9.17) is 4.74 Å². The first kappa shape index (κ1) is 29.8. The number of ether oxygens (including phenoxy) is 1. The van der Waals surface area contributed by atoms with Crippen molar-refractivity contribution in [2.24, 2.45) is 4.99 Å². The summed E-state index contributed by atoms with van der Waals surface area (Å²) in [6.45, 7) is 16.6. The zero-order chi connectivity index (χ0) is 23.2. The van der Waals surface area contributed by atoms with Crippen LogP contribution in [-0.4, -0.2) is 94.9 Å². The number of hydrogen-bond acceptors (Lipinski definition) is 5. The summed E-state index contributed by atoms with van der Waals surface area (Å²) in [6, 6.07) is 8.83. The molecule has 190 valence electrons. The van der Waals surface area contributed by atoms with Crippen LogP contribution in [-0.2, 0) is 0 Å². The molecule has 1 aliphatic heterocycles. The maximum absolute atomic E-state index is 5.26. The number of nitrogens with zero attached hydrogens (tertiary/aromatic N) is 4. The predicted octanol–water partition coefficient (Wildman–Crippen LogP) is 3.50. The topological polar surface area (TPSA) is 55.4 Å². The first-order valence-corrected chi connectivity index (χ1v) is 12.4. The Labute approximate surface area is 219 Å². The van der Waals surface area contributed by atoms with E-state index < -0.39 is 0 Å². The van der Waals surface area contributed by atoms with Gasteiger partial charge in [0.05, 0.1) is 7.11 Å². The largest absolute Gasteiger partial charge is 0.497 e. The summed E-state index contributed by atoms with van der Waals surface area (Å²) in [4.78, 5) is 11.9. The molecule has 0 spiro atoms. The number of nitrogens with one attached hydrogen (secondary N) is 2. The number of anilines is 1. The lowest BCUT2D eigenvalue weighted by Gasteiger charge is -2.36. The Bertz CT molecular complexity index is 645. The van der Waals surface area contributed by atoms with Gasteiger partial charge >= 0.3 is 0 Å². The summed E-state index contributed by atoms with van der Waals surface area (Å²) >= 11 is 0. The van der Waals surface area contributed by atoms with E-state index in [9.17, 15) is 0 Å². The third-order valence-electron chi connectivity index (χ3n) is 6.37. The van der Waals surface area contributed by atoms with Crippen molar-refractivity contribution in [3.8, 4) is 5.75 Å². The highest BCUT2D eigenvalue weighted by Crippen LogP contribution is 2.20. The minimum atomic E-state index is 0. The summed E-state index contributed by atoms with van der Waals surface area (Å²) in [7, 11) is 3.57. The molecule has 1 atom stereocenters. The number of piperazine rings is 1. The Kier molecular flexibility index (Phi) is 15.5. The summed E-state index contributed by atoms with van der Waals surface area (Å²) in [5, 5.41) is 7.02. The normalized spacial score (nSPS) is 15.8. The maximum atomic E-state index is 5.26. The fourth-order valence-electron chi connectivity index (χ4n) is 4.19.